The Morgan fingerprint density at radius 3 is 2.38 bits per heavy atom. The van der Waals surface area contributed by atoms with Gasteiger partial charge in [-0.05, 0) is 39.2 Å². The van der Waals surface area contributed by atoms with Gasteiger partial charge in [-0.15, -0.1) is 12.4 Å². The fourth-order valence-electron chi connectivity index (χ4n) is 4.46. The number of piperidine rings is 1. The third kappa shape index (κ3) is 6.10. The number of hydrogen-bond acceptors (Lipinski definition) is 4. The van der Waals surface area contributed by atoms with E-state index in [1.807, 2.05) is 4.90 Å². The van der Waals surface area contributed by atoms with Crippen molar-refractivity contribution in [3.05, 3.63) is 0 Å². The van der Waals surface area contributed by atoms with Gasteiger partial charge in [0.25, 0.3) is 0 Å². The summed E-state index contributed by atoms with van der Waals surface area (Å²) in [6, 6.07) is 0.818. The SMILES string of the molecule is C[C@H]1C[C@@H](C(=O)N2CCN(CC(=O)NC3CCCCC3)CC2)CCN1.Cl. The Morgan fingerprint density at radius 2 is 1.73 bits per heavy atom. The van der Waals surface area contributed by atoms with Crippen molar-refractivity contribution in [1.29, 1.82) is 0 Å². The van der Waals surface area contributed by atoms with Crippen molar-refractivity contribution < 1.29 is 9.59 Å². The van der Waals surface area contributed by atoms with E-state index in [0.29, 0.717) is 24.5 Å². The Labute approximate surface area is 163 Å². The minimum atomic E-state index is 0. The van der Waals surface area contributed by atoms with Gasteiger partial charge in [-0.3, -0.25) is 14.5 Å². The summed E-state index contributed by atoms with van der Waals surface area (Å²) in [5, 5.41) is 6.60. The number of hydrogen-bond donors (Lipinski definition) is 2. The lowest BCUT2D eigenvalue weighted by Gasteiger charge is -2.38. The second-order valence-corrected chi connectivity index (χ2v) is 8.08. The zero-order valence-corrected chi connectivity index (χ0v) is 16.9. The molecule has 2 heterocycles. The van der Waals surface area contributed by atoms with Crippen LogP contribution in [0.3, 0.4) is 0 Å². The predicted molar refractivity (Wildman–Crippen MR) is 105 cm³/mol. The highest BCUT2D eigenvalue weighted by Crippen LogP contribution is 2.20. The van der Waals surface area contributed by atoms with Gasteiger partial charge in [-0.25, -0.2) is 0 Å². The van der Waals surface area contributed by atoms with Crippen LogP contribution in [0.25, 0.3) is 0 Å². The van der Waals surface area contributed by atoms with E-state index in [1.165, 1.54) is 19.3 Å². The molecule has 6 nitrogen and oxygen atoms in total. The molecule has 3 rings (SSSR count). The molecule has 0 aromatic carbocycles. The van der Waals surface area contributed by atoms with Crippen molar-refractivity contribution in [1.82, 2.24) is 20.4 Å². The second kappa shape index (κ2) is 10.5. The molecule has 0 spiro atoms. The molecule has 2 atom stereocenters. The maximum Gasteiger partial charge on any atom is 0.234 e. The molecule has 7 heteroatoms. The minimum Gasteiger partial charge on any atom is -0.352 e. The lowest BCUT2D eigenvalue weighted by atomic mass is 9.92. The quantitative estimate of drug-likeness (QED) is 0.766. The van der Waals surface area contributed by atoms with Gasteiger partial charge in [-0.1, -0.05) is 19.3 Å². The number of halogens is 1. The predicted octanol–water partition coefficient (Wildman–Crippen LogP) is 1.39. The number of nitrogens with zero attached hydrogens (tertiary/aromatic N) is 2. The van der Waals surface area contributed by atoms with E-state index < -0.39 is 0 Å². The Morgan fingerprint density at radius 1 is 1.04 bits per heavy atom. The molecule has 150 valence electrons. The van der Waals surface area contributed by atoms with E-state index in [9.17, 15) is 9.59 Å². The van der Waals surface area contributed by atoms with Crippen LogP contribution in [-0.2, 0) is 9.59 Å². The van der Waals surface area contributed by atoms with Crippen molar-refractivity contribution in [2.75, 3.05) is 39.3 Å². The normalized spacial score (nSPS) is 28.3. The Bertz CT molecular complexity index is 462. The first kappa shape index (κ1) is 21.5. The Balaban J connectivity index is 0.00000243. The fraction of sp³-hybridized carbons (Fsp3) is 0.895. The highest BCUT2D eigenvalue weighted by molar-refractivity contribution is 5.85. The van der Waals surface area contributed by atoms with Gasteiger partial charge in [0.1, 0.15) is 0 Å². The highest BCUT2D eigenvalue weighted by atomic mass is 35.5. The van der Waals surface area contributed by atoms with E-state index in [0.717, 1.165) is 58.4 Å². The molecule has 2 amide bonds. The summed E-state index contributed by atoms with van der Waals surface area (Å²) in [6.07, 6.45) is 7.93. The van der Waals surface area contributed by atoms with Crippen molar-refractivity contribution in [2.24, 2.45) is 5.92 Å². The largest absolute Gasteiger partial charge is 0.352 e. The maximum atomic E-state index is 12.7. The molecule has 0 aromatic heterocycles. The molecule has 26 heavy (non-hydrogen) atoms. The summed E-state index contributed by atoms with van der Waals surface area (Å²) in [4.78, 5) is 29.1. The first-order valence-electron chi connectivity index (χ1n) is 10.2. The minimum absolute atomic E-state index is 0. The fourth-order valence-corrected chi connectivity index (χ4v) is 4.46. The van der Waals surface area contributed by atoms with E-state index >= 15 is 0 Å². The molecule has 2 aliphatic heterocycles. The molecule has 2 N–H and O–H groups in total. The summed E-state index contributed by atoms with van der Waals surface area (Å²) in [6.45, 7) is 6.71. The molecule has 0 radical (unpaired) electrons. The third-order valence-corrected chi connectivity index (χ3v) is 5.99. The van der Waals surface area contributed by atoms with Crippen LogP contribution in [0.2, 0.25) is 0 Å². The van der Waals surface area contributed by atoms with E-state index in [-0.39, 0.29) is 24.2 Å². The smallest absolute Gasteiger partial charge is 0.234 e. The number of carbonyl (C=O) groups excluding carboxylic acids is 2. The number of piperazine rings is 1. The zero-order valence-electron chi connectivity index (χ0n) is 16.0. The van der Waals surface area contributed by atoms with Crippen LogP contribution < -0.4 is 10.6 Å². The van der Waals surface area contributed by atoms with Gasteiger partial charge in [-0.2, -0.15) is 0 Å². The molecule has 0 bridgehead atoms. The Hall–Kier alpha value is -0.850. The van der Waals surface area contributed by atoms with Crippen LogP contribution in [0.1, 0.15) is 51.9 Å². The van der Waals surface area contributed by atoms with Gasteiger partial charge < -0.3 is 15.5 Å². The second-order valence-electron chi connectivity index (χ2n) is 8.08. The Kier molecular flexibility index (Phi) is 8.64. The topological polar surface area (TPSA) is 64.7 Å². The van der Waals surface area contributed by atoms with Crippen molar-refractivity contribution in [3.8, 4) is 0 Å². The maximum absolute atomic E-state index is 12.7. The van der Waals surface area contributed by atoms with Crippen LogP contribution in [0.4, 0.5) is 0 Å². The number of rotatable bonds is 4. The molecular formula is C19H35ClN4O2. The summed E-state index contributed by atoms with van der Waals surface area (Å²) < 4.78 is 0. The summed E-state index contributed by atoms with van der Waals surface area (Å²) in [5.41, 5.74) is 0. The molecule has 0 aromatic rings. The summed E-state index contributed by atoms with van der Waals surface area (Å²) in [7, 11) is 0. The van der Waals surface area contributed by atoms with Gasteiger partial charge in [0, 0.05) is 44.2 Å². The van der Waals surface area contributed by atoms with Gasteiger partial charge in [0.05, 0.1) is 6.54 Å². The molecule has 0 unspecified atom stereocenters. The van der Waals surface area contributed by atoms with Crippen LogP contribution in [-0.4, -0.2) is 73.0 Å². The highest BCUT2D eigenvalue weighted by Gasteiger charge is 2.30. The van der Waals surface area contributed by atoms with Crippen LogP contribution in [0.15, 0.2) is 0 Å². The first-order valence-corrected chi connectivity index (χ1v) is 10.2. The lowest BCUT2D eigenvalue weighted by Crippen LogP contribution is -2.54. The summed E-state index contributed by atoms with van der Waals surface area (Å²) >= 11 is 0. The zero-order chi connectivity index (χ0) is 17.6. The van der Waals surface area contributed by atoms with Crippen LogP contribution >= 0.6 is 12.4 Å². The summed E-state index contributed by atoms with van der Waals surface area (Å²) in [5.74, 6) is 0.649. The molecule has 3 fully saturated rings. The molecular weight excluding hydrogens is 352 g/mol. The van der Waals surface area contributed by atoms with Crippen molar-refractivity contribution in [2.45, 2.75) is 64.0 Å². The average molecular weight is 387 g/mol. The number of carbonyl (C=O) groups is 2. The lowest BCUT2D eigenvalue weighted by molar-refractivity contribution is -0.138. The molecule has 3 aliphatic rings. The monoisotopic (exact) mass is 386 g/mol. The van der Waals surface area contributed by atoms with E-state index in [2.05, 4.69) is 22.5 Å². The molecule has 1 aliphatic carbocycles. The van der Waals surface area contributed by atoms with E-state index in [4.69, 9.17) is 0 Å². The third-order valence-electron chi connectivity index (χ3n) is 5.99. The van der Waals surface area contributed by atoms with Gasteiger partial charge in [0.15, 0.2) is 0 Å². The van der Waals surface area contributed by atoms with E-state index in [1.54, 1.807) is 0 Å². The van der Waals surface area contributed by atoms with Gasteiger partial charge >= 0.3 is 0 Å². The standard InChI is InChI=1S/C19H34N4O2.ClH/c1-15-13-16(7-8-20-15)19(25)23-11-9-22(10-12-23)14-18(24)21-17-5-3-2-4-6-17;/h15-17,20H,2-14H2,1H3,(H,21,24);1H/t15-,16-;/m0./s1. The van der Waals surface area contributed by atoms with Crippen molar-refractivity contribution in [3.63, 3.8) is 0 Å². The molecule has 1 saturated carbocycles. The van der Waals surface area contributed by atoms with Gasteiger partial charge in [0.2, 0.25) is 11.8 Å². The first-order chi connectivity index (χ1) is 12.1. The molecule has 2 saturated heterocycles. The number of amides is 2. The average Bonchev–Trinajstić information content (AvgIpc) is 2.62. The van der Waals surface area contributed by atoms with Crippen molar-refractivity contribution >= 4 is 24.2 Å². The van der Waals surface area contributed by atoms with Crippen LogP contribution in [0, 0.1) is 5.92 Å². The van der Waals surface area contributed by atoms with Crippen LogP contribution in [0.5, 0.6) is 0 Å². The number of nitrogens with one attached hydrogen (secondary N) is 2.